The van der Waals surface area contributed by atoms with Gasteiger partial charge in [-0.15, -0.1) is 11.6 Å². The third-order valence-electron chi connectivity index (χ3n) is 3.89. The van der Waals surface area contributed by atoms with E-state index in [4.69, 9.17) is 27.9 Å². The second kappa shape index (κ2) is 7.93. The zero-order valence-corrected chi connectivity index (χ0v) is 14.5. The van der Waals surface area contributed by atoms with Crippen molar-refractivity contribution in [2.75, 3.05) is 32.1 Å². The van der Waals surface area contributed by atoms with Crippen molar-refractivity contribution in [1.29, 1.82) is 0 Å². The van der Waals surface area contributed by atoms with E-state index in [9.17, 15) is 4.79 Å². The molecule has 1 aliphatic carbocycles. The molecule has 1 amide bonds. The lowest BCUT2D eigenvalue weighted by Crippen LogP contribution is -2.53. The summed E-state index contributed by atoms with van der Waals surface area (Å²) in [6, 6.07) is 0.142. The summed E-state index contributed by atoms with van der Waals surface area (Å²) in [6.07, 6.45) is 6.74. The Balaban J connectivity index is 2.11. The Kier molecular flexibility index (Phi) is 6.21. The van der Waals surface area contributed by atoms with Crippen LogP contribution in [0.2, 0.25) is 0 Å². The van der Waals surface area contributed by atoms with Crippen LogP contribution in [0.1, 0.15) is 20.3 Å². The number of hydrogen-bond donors (Lipinski definition) is 0. The summed E-state index contributed by atoms with van der Waals surface area (Å²) in [5.74, 6) is 0.754. The zero-order valence-electron chi connectivity index (χ0n) is 13.0. The fourth-order valence-corrected chi connectivity index (χ4v) is 3.15. The predicted molar refractivity (Wildman–Crippen MR) is 89.8 cm³/mol. The first-order valence-corrected chi connectivity index (χ1v) is 8.48. The number of carbonyl (C=O) groups is 1. The molecule has 122 valence electrons. The van der Waals surface area contributed by atoms with Gasteiger partial charge in [-0.1, -0.05) is 17.7 Å². The van der Waals surface area contributed by atoms with E-state index >= 15 is 0 Å². The van der Waals surface area contributed by atoms with Crippen LogP contribution in [-0.2, 0) is 9.53 Å². The molecule has 0 aromatic rings. The highest BCUT2D eigenvalue weighted by atomic mass is 35.5. The highest BCUT2D eigenvalue weighted by Gasteiger charge is 2.28. The Labute approximate surface area is 142 Å². The first kappa shape index (κ1) is 17.2. The quantitative estimate of drug-likeness (QED) is 0.734. The van der Waals surface area contributed by atoms with Crippen molar-refractivity contribution in [3.63, 3.8) is 0 Å². The summed E-state index contributed by atoms with van der Waals surface area (Å²) in [5, 5.41) is 0.626. The van der Waals surface area contributed by atoms with Gasteiger partial charge < -0.3 is 14.5 Å². The standard InChI is InChI=1S/C16H22Cl2N2O2/c1-3-22-15-9-13(5-4-6-14(15)18)19-7-8-20(12(2)11-19)16(21)10-17/h4,6,9,12H,3,5,7-8,10-11H2,1-2H3. The lowest BCUT2D eigenvalue weighted by molar-refractivity contribution is -0.132. The van der Waals surface area contributed by atoms with Gasteiger partial charge in [0.1, 0.15) is 11.6 Å². The summed E-state index contributed by atoms with van der Waals surface area (Å²) in [7, 11) is 0. The van der Waals surface area contributed by atoms with E-state index in [0.717, 1.165) is 19.5 Å². The van der Waals surface area contributed by atoms with Crippen LogP contribution in [0.25, 0.3) is 0 Å². The SMILES string of the molecule is CCOC1=C(Cl)C=CCC(N2CCN(C(=O)CCl)C(C)C2)=C1. The highest BCUT2D eigenvalue weighted by Crippen LogP contribution is 2.25. The van der Waals surface area contributed by atoms with Crippen LogP contribution < -0.4 is 0 Å². The molecule has 0 aromatic heterocycles. The van der Waals surface area contributed by atoms with Crippen molar-refractivity contribution >= 4 is 29.1 Å². The number of carbonyl (C=O) groups excluding carboxylic acids is 1. The van der Waals surface area contributed by atoms with Crippen LogP contribution in [0, 0.1) is 0 Å². The Morgan fingerprint density at radius 1 is 1.45 bits per heavy atom. The molecular formula is C16H22Cl2N2O2. The van der Waals surface area contributed by atoms with E-state index in [-0.39, 0.29) is 17.8 Å². The van der Waals surface area contributed by atoms with E-state index in [2.05, 4.69) is 11.8 Å². The van der Waals surface area contributed by atoms with Crippen molar-refractivity contribution < 1.29 is 9.53 Å². The van der Waals surface area contributed by atoms with Gasteiger partial charge in [-0.25, -0.2) is 0 Å². The lowest BCUT2D eigenvalue weighted by atomic mass is 10.1. The van der Waals surface area contributed by atoms with Gasteiger partial charge in [-0.2, -0.15) is 0 Å². The van der Waals surface area contributed by atoms with Gasteiger partial charge in [0.15, 0.2) is 0 Å². The first-order valence-electron chi connectivity index (χ1n) is 7.56. The molecule has 1 fully saturated rings. The normalized spacial score (nSPS) is 22.5. The van der Waals surface area contributed by atoms with Crippen molar-refractivity contribution in [1.82, 2.24) is 9.80 Å². The molecule has 0 bridgehead atoms. The smallest absolute Gasteiger partial charge is 0.237 e. The summed E-state index contributed by atoms with van der Waals surface area (Å²) < 4.78 is 5.61. The van der Waals surface area contributed by atoms with Gasteiger partial charge in [0.2, 0.25) is 5.91 Å². The van der Waals surface area contributed by atoms with Gasteiger partial charge in [0, 0.05) is 43.9 Å². The molecule has 0 N–H and O–H groups in total. The van der Waals surface area contributed by atoms with Crippen molar-refractivity contribution in [2.45, 2.75) is 26.3 Å². The average Bonchev–Trinajstić information content (AvgIpc) is 2.69. The molecule has 2 aliphatic rings. The fraction of sp³-hybridized carbons (Fsp3) is 0.562. The summed E-state index contributed by atoms with van der Waals surface area (Å²) in [5.41, 5.74) is 1.17. The third-order valence-corrected chi connectivity index (χ3v) is 4.43. The van der Waals surface area contributed by atoms with Crippen LogP contribution in [-0.4, -0.2) is 53.9 Å². The maximum absolute atomic E-state index is 11.8. The molecule has 4 nitrogen and oxygen atoms in total. The molecule has 0 aromatic carbocycles. The van der Waals surface area contributed by atoms with Gasteiger partial charge in [-0.3, -0.25) is 4.79 Å². The molecule has 1 aliphatic heterocycles. The number of nitrogens with zero attached hydrogens (tertiary/aromatic N) is 2. The topological polar surface area (TPSA) is 32.8 Å². The second-order valence-electron chi connectivity index (χ2n) is 5.40. The molecule has 0 saturated carbocycles. The first-order chi connectivity index (χ1) is 10.6. The highest BCUT2D eigenvalue weighted by molar-refractivity contribution is 6.31. The Hall–Kier alpha value is -1.13. The molecule has 0 radical (unpaired) electrons. The van der Waals surface area contributed by atoms with Crippen molar-refractivity contribution in [2.24, 2.45) is 0 Å². The minimum absolute atomic E-state index is 0.00139. The largest absolute Gasteiger partial charge is 0.492 e. The molecule has 2 rings (SSSR count). The van der Waals surface area contributed by atoms with Crippen LogP contribution >= 0.6 is 23.2 Å². The van der Waals surface area contributed by atoms with Crippen LogP contribution in [0.15, 0.2) is 34.7 Å². The number of amides is 1. The molecule has 0 spiro atoms. The average molecular weight is 345 g/mol. The fourth-order valence-electron chi connectivity index (χ4n) is 2.80. The molecule has 1 unspecified atom stereocenters. The van der Waals surface area contributed by atoms with Crippen LogP contribution in [0.5, 0.6) is 0 Å². The number of alkyl halides is 1. The molecule has 1 heterocycles. The van der Waals surface area contributed by atoms with Gasteiger partial charge in [0.05, 0.1) is 11.6 Å². The summed E-state index contributed by atoms with van der Waals surface area (Å²) in [4.78, 5) is 15.9. The lowest BCUT2D eigenvalue weighted by Gasteiger charge is -2.41. The van der Waals surface area contributed by atoms with Gasteiger partial charge in [0.25, 0.3) is 0 Å². The number of rotatable bonds is 4. The number of allylic oxidation sites excluding steroid dienone is 4. The monoisotopic (exact) mass is 344 g/mol. The third kappa shape index (κ3) is 3.99. The van der Waals surface area contributed by atoms with E-state index in [0.29, 0.717) is 23.9 Å². The Morgan fingerprint density at radius 3 is 2.86 bits per heavy atom. The zero-order chi connectivity index (χ0) is 16.1. The van der Waals surface area contributed by atoms with E-state index in [1.54, 1.807) is 0 Å². The summed E-state index contributed by atoms with van der Waals surface area (Å²) >= 11 is 11.9. The van der Waals surface area contributed by atoms with Crippen molar-refractivity contribution in [3.8, 4) is 0 Å². The molecule has 1 atom stereocenters. The van der Waals surface area contributed by atoms with Gasteiger partial charge >= 0.3 is 0 Å². The minimum atomic E-state index is 0.00139. The van der Waals surface area contributed by atoms with E-state index in [1.165, 1.54) is 5.70 Å². The number of halogens is 2. The Morgan fingerprint density at radius 2 is 2.23 bits per heavy atom. The summed E-state index contributed by atoms with van der Waals surface area (Å²) in [6.45, 7) is 6.85. The van der Waals surface area contributed by atoms with Gasteiger partial charge in [-0.05, 0) is 19.9 Å². The van der Waals surface area contributed by atoms with E-state index < -0.39 is 0 Å². The molecule has 1 saturated heterocycles. The molecule has 6 heteroatoms. The Bertz CT molecular complexity index is 514. The number of ether oxygens (including phenoxy) is 1. The number of hydrogen-bond acceptors (Lipinski definition) is 3. The maximum Gasteiger partial charge on any atom is 0.237 e. The molecular weight excluding hydrogens is 323 g/mol. The number of piperazine rings is 1. The van der Waals surface area contributed by atoms with E-state index in [1.807, 2.05) is 30.1 Å². The van der Waals surface area contributed by atoms with Crippen molar-refractivity contribution in [3.05, 3.63) is 34.7 Å². The predicted octanol–water partition coefficient (Wildman–Crippen LogP) is 3.09. The minimum Gasteiger partial charge on any atom is -0.492 e. The molecule has 22 heavy (non-hydrogen) atoms. The second-order valence-corrected chi connectivity index (χ2v) is 6.08. The van der Waals surface area contributed by atoms with Crippen LogP contribution in [0.4, 0.5) is 0 Å². The maximum atomic E-state index is 11.8. The van der Waals surface area contributed by atoms with Crippen LogP contribution in [0.3, 0.4) is 0 Å².